The predicted octanol–water partition coefficient (Wildman–Crippen LogP) is 3.27. The van der Waals surface area contributed by atoms with E-state index in [1.807, 2.05) is 37.3 Å². The first-order chi connectivity index (χ1) is 15.7. The molecular formula is C24H28N4O5. The minimum atomic E-state index is -0.587. The Morgan fingerprint density at radius 3 is 2.36 bits per heavy atom. The Balaban J connectivity index is 1.61. The van der Waals surface area contributed by atoms with Gasteiger partial charge in [0.1, 0.15) is 6.54 Å². The molecule has 0 saturated heterocycles. The standard InChI is InChI=1S/C24H28N4O5/c1-6-32-24(31)20-12-15(2)27(17(20)4)13-22(30)33-14-21(29)25-23-16(3)26-28(18(23)5)19-10-8-7-9-11-19/h7-12H,6,13-14H2,1-5H3,(H,25,29). The average molecular weight is 453 g/mol. The van der Waals surface area contributed by atoms with Crippen LogP contribution in [-0.2, 0) is 25.6 Å². The van der Waals surface area contributed by atoms with Crippen molar-refractivity contribution in [1.29, 1.82) is 0 Å². The summed E-state index contributed by atoms with van der Waals surface area (Å²) in [6.45, 7) is 8.62. The van der Waals surface area contributed by atoms with Crippen LogP contribution in [0.4, 0.5) is 5.69 Å². The van der Waals surface area contributed by atoms with Crippen LogP contribution in [0.25, 0.3) is 5.69 Å². The van der Waals surface area contributed by atoms with Gasteiger partial charge in [0.15, 0.2) is 6.61 Å². The molecule has 1 aromatic carbocycles. The van der Waals surface area contributed by atoms with E-state index in [1.54, 1.807) is 43.0 Å². The van der Waals surface area contributed by atoms with Gasteiger partial charge < -0.3 is 19.4 Å². The van der Waals surface area contributed by atoms with Gasteiger partial charge in [-0.05, 0) is 52.8 Å². The molecule has 0 unspecified atom stereocenters. The van der Waals surface area contributed by atoms with Crippen molar-refractivity contribution in [3.05, 3.63) is 64.7 Å². The normalized spacial score (nSPS) is 10.7. The molecule has 0 aliphatic heterocycles. The Labute approximate surface area is 192 Å². The Hall–Kier alpha value is -3.88. The van der Waals surface area contributed by atoms with Crippen LogP contribution >= 0.6 is 0 Å². The van der Waals surface area contributed by atoms with E-state index in [0.717, 1.165) is 17.1 Å². The highest BCUT2D eigenvalue weighted by atomic mass is 16.5. The molecule has 0 aliphatic rings. The average Bonchev–Trinajstić information content (AvgIpc) is 3.23. The van der Waals surface area contributed by atoms with Crippen LogP contribution in [-0.4, -0.2) is 45.4 Å². The number of nitrogens with one attached hydrogen (secondary N) is 1. The summed E-state index contributed by atoms with van der Waals surface area (Å²) in [4.78, 5) is 36.8. The van der Waals surface area contributed by atoms with Crippen LogP contribution in [0.3, 0.4) is 0 Å². The largest absolute Gasteiger partial charge is 0.462 e. The first-order valence-corrected chi connectivity index (χ1v) is 10.6. The van der Waals surface area contributed by atoms with Gasteiger partial charge in [0, 0.05) is 11.4 Å². The van der Waals surface area contributed by atoms with Gasteiger partial charge in [0.25, 0.3) is 5.91 Å². The molecule has 2 aromatic heterocycles. The molecule has 2 heterocycles. The van der Waals surface area contributed by atoms with Crippen LogP contribution in [0.15, 0.2) is 36.4 Å². The van der Waals surface area contributed by atoms with Crippen molar-refractivity contribution in [3.63, 3.8) is 0 Å². The maximum Gasteiger partial charge on any atom is 0.339 e. The number of hydrogen-bond acceptors (Lipinski definition) is 6. The van der Waals surface area contributed by atoms with Crippen molar-refractivity contribution in [2.24, 2.45) is 0 Å². The molecule has 0 aliphatic carbocycles. The minimum absolute atomic E-state index is 0.117. The number of hydrogen-bond donors (Lipinski definition) is 1. The SMILES string of the molecule is CCOC(=O)c1cc(C)n(CC(=O)OCC(=O)Nc2c(C)nn(-c3ccccc3)c2C)c1C. The lowest BCUT2D eigenvalue weighted by molar-refractivity contribution is -0.147. The summed E-state index contributed by atoms with van der Waals surface area (Å²) in [6.07, 6.45) is 0. The van der Waals surface area contributed by atoms with E-state index >= 15 is 0 Å². The summed E-state index contributed by atoms with van der Waals surface area (Å²) >= 11 is 0. The minimum Gasteiger partial charge on any atom is -0.462 e. The van der Waals surface area contributed by atoms with Gasteiger partial charge in [-0.2, -0.15) is 5.10 Å². The van der Waals surface area contributed by atoms with Gasteiger partial charge in [0.2, 0.25) is 0 Å². The fourth-order valence-electron chi connectivity index (χ4n) is 3.60. The zero-order chi connectivity index (χ0) is 24.1. The van der Waals surface area contributed by atoms with Crippen LogP contribution in [0.1, 0.15) is 40.1 Å². The number of anilines is 1. The van der Waals surface area contributed by atoms with E-state index in [9.17, 15) is 14.4 Å². The number of esters is 2. The van der Waals surface area contributed by atoms with Gasteiger partial charge in [-0.15, -0.1) is 0 Å². The molecular weight excluding hydrogens is 424 g/mol. The van der Waals surface area contributed by atoms with Gasteiger partial charge in [-0.3, -0.25) is 9.59 Å². The molecule has 3 aromatic rings. The van der Waals surface area contributed by atoms with Crippen molar-refractivity contribution in [2.45, 2.75) is 41.2 Å². The van der Waals surface area contributed by atoms with Gasteiger partial charge in [-0.25, -0.2) is 9.48 Å². The number of carbonyl (C=O) groups excluding carboxylic acids is 3. The fourth-order valence-corrected chi connectivity index (χ4v) is 3.60. The molecule has 1 amide bonds. The second-order valence-corrected chi connectivity index (χ2v) is 7.59. The summed E-state index contributed by atoms with van der Waals surface area (Å²) in [6, 6.07) is 11.3. The highest BCUT2D eigenvalue weighted by molar-refractivity contribution is 5.94. The van der Waals surface area contributed by atoms with E-state index in [-0.39, 0.29) is 13.2 Å². The summed E-state index contributed by atoms with van der Waals surface area (Å²) in [5, 5.41) is 7.26. The highest BCUT2D eigenvalue weighted by Crippen LogP contribution is 2.22. The summed E-state index contributed by atoms with van der Waals surface area (Å²) < 4.78 is 13.6. The fraction of sp³-hybridized carbons (Fsp3) is 0.333. The lowest BCUT2D eigenvalue weighted by Crippen LogP contribution is -2.24. The second-order valence-electron chi connectivity index (χ2n) is 7.59. The van der Waals surface area contributed by atoms with Crippen molar-refractivity contribution in [1.82, 2.24) is 14.3 Å². The van der Waals surface area contributed by atoms with E-state index in [0.29, 0.717) is 22.6 Å². The van der Waals surface area contributed by atoms with Gasteiger partial charge >= 0.3 is 11.9 Å². The molecule has 0 bridgehead atoms. The number of rotatable bonds is 8. The molecule has 0 saturated carbocycles. The van der Waals surface area contributed by atoms with Crippen LogP contribution < -0.4 is 5.32 Å². The molecule has 174 valence electrons. The topological polar surface area (TPSA) is 104 Å². The van der Waals surface area contributed by atoms with Crippen molar-refractivity contribution < 1.29 is 23.9 Å². The van der Waals surface area contributed by atoms with Crippen LogP contribution in [0.2, 0.25) is 0 Å². The first kappa shape index (κ1) is 23.8. The monoisotopic (exact) mass is 452 g/mol. The summed E-state index contributed by atoms with van der Waals surface area (Å²) in [5.74, 6) is -1.49. The van der Waals surface area contributed by atoms with Gasteiger partial charge in [0.05, 0.1) is 34.9 Å². The third-order valence-corrected chi connectivity index (χ3v) is 5.28. The van der Waals surface area contributed by atoms with E-state index in [1.165, 1.54) is 0 Å². The Morgan fingerprint density at radius 2 is 1.70 bits per heavy atom. The molecule has 0 spiro atoms. The second kappa shape index (κ2) is 10.2. The maximum absolute atomic E-state index is 12.4. The van der Waals surface area contributed by atoms with Gasteiger partial charge in [-0.1, -0.05) is 18.2 Å². The smallest absolute Gasteiger partial charge is 0.339 e. The van der Waals surface area contributed by atoms with Crippen molar-refractivity contribution in [3.8, 4) is 5.69 Å². The van der Waals surface area contributed by atoms with Crippen LogP contribution in [0, 0.1) is 27.7 Å². The highest BCUT2D eigenvalue weighted by Gasteiger charge is 2.20. The molecule has 1 N–H and O–H groups in total. The quantitative estimate of drug-likeness (QED) is 0.526. The third-order valence-electron chi connectivity index (χ3n) is 5.28. The number of ether oxygens (including phenoxy) is 2. The molecule has 0 atom stereocenters. The lowest BCUT2D eigenvalue weighted by Gasteiger charge is -2.11. The molecule has 0 fully saturated rings. The number of amides is 1. The van der Waals surface area contributed by atoms with E-state index < -0.39 is 24.5 Å². The Kier molecular flexibility index (Phi) is 7.32. The molecule has 9 nitrogen and oxygen atoms in total. The first-order valence-electron chi connectivity index (χ1n) is 10.6. The summed E-state index contributed by atoms with van der Waals surface area (Å²) in [7, 11) is 0. The van der Waals surface area contributed by atoms with Crippen molar-refractivity contribution in [2.75, 3.05) is 18.5 Å². The Bertz CT molecular complexity index is 1180. The lowest BCUT2D eigenvalue weighted by atomic mass is 10.2. The Morgan fingerprint density at radius 1 is 1.00 bits per heavy atom. The molecule has 3 rings (SSSR count). The third kappa shape index (κ3) is 5.31. The number of para-hydroxylation sites is 1. The predicted molar refractivity (Wildman–Crippen MR) is 122 cm³/mol. The van der Waals surface area contributed by atoms with Crippen molar-refractivity contribution >= 4 is 23.5 Å². The number of carbonyl (C=O) groups is 3. The molecule has 9 heteroatoms. The van der Waals surface area contributed by atoms with Crippen LogP contribution in [0.5, 0.6) is 0 Å². The number of aryl methyl sites for hydroxylation is 2. The maximum atomic E-state index is 12.4. The zero-order valence-electron chi connectivity index (χ0n) is 19.5. The van der Waals surface area contributed by atoms with E-state index in [4.69, 9.17) is 9.47 Å². The number of nitrogens with zero attached hydrogens (tertiary/aromatic N) is 3. The summed E-state index contributed by atoms with van der Waals surface area (Å²) in [5.41, 5.74) is 4.61. The molecule has 0 radical (unpaired) electrons. The zero-order valence-corrected chi connectivity index (χ0v) is 19.5. The molecule has 33 heavy (non-hydrogen) atoms. The van der Waals surface area contributed by atoms with E-state index in [2.05, 4.69) is 10.4 Å². The number of benzene rings is 1. The number of aromatic nitrogens is 3.